The Morgan fingerprint density at radius 2 is 1.81 bits per heavy atom. The highest BCUT2D eigenvalue weighted by Gasteiger charge is 2.26. The number of carboxylic acid groups (broad SMARTS) is 1. The molecule has 5 nitrogen and oxygen atoms in total. The van der Waals surface area contributed by atoms with Crippen LogP contribution < -0.4 is 10.6 Å². The number of hydrogen-bond donors (Lipinski definition) is 2. The molecule has 1 amide bonds. The van der Waals surface area contributed by atoms with E-state index < -0.39 is 5.97 Å². The number of nitrogen functional groups attached to an aromatic ring is 1. The molecule has 21 heavy (non-hydrogen) atoms. The summed E-state index contributed by atoms with van der Waals surface area (Å²) in [5.74, 6) is -1.07. The molecule has 5 heteroatoms. The highest BCUT2D eigenvalue weighted by atomic mass is 16.4. The van der Waals surface area contributed by atoms with Crippen molar-refractivity contribution < 1.29 is 14.7 Å². The number of carbonyl (C=O) groups is 2. The average molecular weight is 290 g/mol. The molecule has 1 fully saturated rings. The van der Waals surface area contributed by atoms with E-state index in [-0.39, 0.29) is 17.4 Å². The van der Waals surface area contributed by atoms with Crippen LogP contribution in [-0.2, 0) is 4.79 Å². The quantitative estimate of drug-likeness (QED) is 0.662. The van der Waals surface area contributed by atoms with Gasteiger partial charge in [-0.2, -0.15) is 0 Å². The lowest BCUT2D eigenvalue weighted by Crippen LogP contribution is -2.33. The summed E-state index contributed by atoms with van der Waals surface area (Å²) in [7, 11) is 1.64. The maximum absolute atomic E-state index is 12.6. The van der Waals surface area contributed by atoms with Crippen molar-refractivity contribution in [1.29, 1.82) is 0 Å². The van der Waals surface area contributed by atoms with E-state index in [0.717, 1.165) is 25.7 Å². The molecule has 0 spiro atoms. The summed E-state index contributed by atoms with van der Waals surface area (Å²) < 4.78 is 0. The number of nitrogens with two attached hydrogens (primary N) is 1. The highest BCUT2D eigenvalue weighted by Crippen LogP contribution is 2.28. The van der Waals surface area contributed by atoms with Crippen LogP contribution in [0.3, 0.4) is 0 Å². The molecule has 0 saturated heterocycles. The number of aromatic carboxylic acids is 1. The second-order valence-electron chi connectivity index (χ2n) is 5.67. The van der Waals surface area contributed by atoms with Crippen LogP contribution in [0.2, 0.25) is 0 Å². The third-order valence-corrected chi connectivity index (χ3v) is 4.15. The van der Waals surface area contributed by atoms with Crippen molar-refractivity contribution in [3.05, 3.63) is 23.8 Å². The number of nitrogens with zero attached hydrogens (tertiary/aromatic N) is 1. The molecule has 1 aromatic rings. The first-order valence-corrected chi connectivity index (χ1v) is 7.41. The fourth-order valence-corrected chi connectivity index (χ4v) is 2.94. The molecule has 1 aromatic carbocycles. The summed E-state index contributed by atoms with van der Waals surface area (Å²) in [6.07, 6.45) is 6.27. The topological polar surface area (TPSA) is 83.6 Å². The first kappa shape index (κ1) is 15.4. The zero-order valence-electron chi connectivity index (χ0n) is 12.3. The molecular weight excluding hydrogens is 268 g/mol. The van der Waals surface area contributed by atoms with E-state index in [4.69, 9.17) is 5.73 Å². The number of carboxylic acids is 1. The van der Waals surface area contributed by atoms with Crippen LogP contribution in [0.1, 0.15) is 48.9 Å². The van der Waals surface area contributed by atoms with E-state index in [1.165, 1.54) is 23.8 Å². The van der Waals surface area contributed by atoms with Gasteiger partial charge in [0.2, 0.25) is 5.91 Å². The SMILES string of the molecule is CN(C(=O)C1CCCCCC1)c1ccc(N)cc1C(=O)O. The van der Waals surface area contributed by atoms with Crippen LogP contribution >= 0.6 is 0 Å². The van der Waals surface area contributed by atoms with Crippen molar-refractivity contribution in [3.8, 4) is 0 Å². The van der Waals surface area contributed by atoms with Crippen molar-refractivity contribution in [2.75, 3.05) is 17.7 Å². The van der Waals surface area contributed by atoms with Crippen LogP contribution in [0.15, 0.2) is 18.2 Å². The first-order chi connectivity index (χ1) is 10.0. The molecule has 1 aliphatic rings. The maximum atomic E-state index is 12.6. The lowest BCUT2D eigenvalue weighted by atomic mass is 9.98. The predicted octanol–water partition coefficient (Wildman–Crippen LogP) is 2.90. The molecule has 1 aliphatic carbocycles. The Balaban J connectivity index is 2.24. The van der Waals surface area contributed by atoms with Crippen molar-refractivity contribution in [3.63, 3.8) is 0 Å². The van der Waals surface area contributed by atoms with Gasteiger partial charge in [0.15, 0.2) is 0 Å². The minimum Gasteiger partial charge on any atom is -0.478 e. The molecule has 1 saturated carbocycles. The van der Waals surface area contributed by atoms with Crippen molar-refractivity contribution >= 4 is 23.3 Å². The predicted molar refractivity (Wildman–Crippen MR) is 82.4 cm³/mol. The molecule has 0 aliphatic heterocycles. The van der Waals surface area contributed by atoms with Gasteiger partial charge in [0.1, 0.15) is 0 Å². The van der Waals surface area contributed by atoms with Gasteiger partial charge in [-0.3, -0.25) is 4.79 Å². The molecule has 0 heterocycles. The molecule has 114 valence electrons. The van der Waals surface area contributed by atoms with Gasteiger partial charge in [-0.15, -0.1) is 0 Å². The lowest BCUT2D eigenvalue weighted by molar-refractivity contribution is -0.122. The molecule has 0 radical (unpaired) electrons. The van der Waals surface area contributed by atoms with Crippen LogP contribution in [0.4, 0.5) is 11.4 Å². The molecule has 0 bridgehead atoms. The molecule has 0 atom stereocenters. The third-order valence-electron chi connectivity index (χ3n) is 4.15. The number of benzene rings is 1. The fraction of sp³-hybridized carbons (Fsp3) is 0.500. The Labute approximate surface area is 124 Å². The Hall–Kier alpha value is -2.04. The van der Waals surface area contributed by atoms with Gasteiger partial charge in [0, 0.05) is 18.7 Å². The summed E-state index contributed by atoms with van der Waals surface area (Å²) in [4.78, 5) is 25.4. The van der Waals surface area contributed by atoms with E-state index in [1.807, 2.05) is 0 Å². The van der Waals surface area contributed by atoms with Gasteiger partial charge in [-0.1, -0.05) is 25.7 Å². The summed E-state index contributed by atoms with van der Waals surface area (Å²) in [5.41, 5.74) is 6.50. The zero-order chi connectivity index (χ0) is 15.4. The second-order valence-corrected chi connectivity index (χ2v) is 5.67. The van der Waals surface area contributed by atoms with E-state index in [1.54, 1.807) is 19.2 Å². The van der Waals surface area contributed by atoms with Gasteiger partial charge in [-0.25, -0.2) is 4.79 Å². The normalized spacial score (nSPS) is 16.2. The highest BCUT2D eigenvalue weighted by molar-refractivity contribution is 6.03. The number of hydrogen-bond acceptors (Lipinski definition) is 3. The molecule has 0 unspecified atom stereocenters. The van der Waals surface area contributed by atoms with E-state index >= 15 is 0 Å². The fourth-order valence-electron chi connectivity index (χ4n) is 2.94. The lowest BCUT2D eigenvalue weighted by Gasteiger charge is -2.24. The van der Waals surface area contributed by atoms with Gasteiger partial charge in [0.05, 0.1) is 11.3 Å². The smallest absolute Gasteiger partial charge is 0.337 e. The Morgan fingerprint density at radius 3 is 2.38 bits per heavy atom. The zero-order valence-corrected chi connectivity index (χ0v) is 12.3. The van der Waals surface area contributed by atoms with Crippen LogP contribution in [0, 0.1) is 5.92 Å². The molecule has 2 rings (SSSR count). The number of amides is 1. The third kappa shape index (κ3) is 3.54. The Morgan fingerprint density at radius 1 is 1.19 bits per heavy atom. The number of rotatable bonds is 3. The van der Waals surface area contributed by atoms with E-state index in [0.29, 0.717) is 11.4 Å². The van der Waals surface area contributed by atoms with Gasteiger partial charge >= 0.3 is 5.97 Å². The largest absolute Gasteiger partial charge is 0.478 e. The average Bonchev–Trinajstić information content (AvgIpc) is 2.74. The summed E-state index contributed by atoms with van der Waals surface area (Å²) in [6, 6.07) is 4.63. The summed E-state index contributed by atoms with van der Waals surface area (Å²) >= 11 is 0. The molecule has 3 N–H and O–H groups in total. The van der Waals surface area contributed by atoms with Gasteiger partial charge in [0.25, 0.3) is 0 Å². The number of anilines is 2. The van der Waals surface area contributed by atoms with Crippen LogP contribution in [0.25, 0.3) is 0 Å². The van der Waals surface area contributed by atoms with Crippen molar-refractivity contribution in [2.24, 2.45) is 5.92 Å². The first-order valence-electron chi connectivity index (χ1n) is 7.41. The molecule has 0 aromatic heterocycles. The Kier molecular flexibility index (Phi) is 4.83. The van der Waals surface area contributed by atoms with E-state index in [2.05, 4.69) is 0 Å². The monoisotopic (exact) mass is 290 g/mol. The van der Waals surface area contributed by atoms with E-state index in [9.17, 15) is 14.7 Å². The summed E-state index contributed by atoms with van der Waals surface area (Å²) in [6.45, 7) is 0. The van der Waals surface area contributed by atoms with Gasteiger partial charge in [-0.05, 0) is 31.0 Å². The Bertz CT molecular complexity index is 534. The second kappa shape index (κ2) is 6.61. The van der Waals surface area contributed by atoms with Crippen molar-refractivity contribution in [2.45, 2.75) is 38.5 Å². The summed E-state index contributed by atoms with van der Waals surface area (Å²) in [5, 5.41) is 9.28. The standard InChI is InChI=1S/C16H22N2O3/c1-18(15(19)11-6-4-2-3-5-7-11)14-9-8-12(17)10-13(14)16(20)21/h8-11H,2-7,17H2,1H3,(H,20,21). The minimum atomic E-state index is -1.07. The van der Waals surface area contributed by atoms with Crippen LogP contribution in [-0.4, -0.2) is 24.0 Å². The van der Waals surface area contributed by atoms with Gasteiger partial charge < -0.3 is 15.7 Å². The number of carbonyl (C=O) groups excluding carboxylic acids is 1. The van der Waals surface area contributed by atoms with Crippen molar-refractivity contribution in [1.82, 2.24) is 0 Å². The minimum absolute atomic E-state index is 0.00306. The maximum Gasteiger partial charge on any atom is 0.337 e. The van der Waals surface area contributed by atoms with Crippen LogP contribution in [0.5, 0.6) is 0 Å². The molecular formula is C16H22N2O3.